The number of hydrogen-bond acceptors (Lipinski definition) is 4. The summed E-state index contributed by atoms with van der Waals surface area (Å²) in [6, 6.07) is 2.40. The minimum Gasteiger partial charge on any atom is -0.441 e. The minimum atomic E-state index is -0.254. The van der Waals surface area contributed by atoms with E-state index < -0.39 is 0 Å². The van der Waals surface area contributed by atoms with Crippen LogP contribution in [0.4, 0.5) is 4.79 Å². The molecule has 1 aromatic rings. The number of aromatic nitrogens is 2. The number of likely N-dealkylation sites (tertiary alicyclic amines) is 1. The second-order valence-electron chi connectivity index (χ2n) is 7.77. The van der Waals surface area contributed by atoms with Crippen molar-refractivity contribution in [3.8, 4) is 0 Å². The largest absolute Gasteiger partial charge is 0.441 e. The summed E-state index contributed by atoms with van der Waals surface area (Å²) in [5, 5.41) is 4.29. The van der Waals surface area contributed by atoms with E-state index in [0.717, 1.165) is 52.0 Å². The number of ether oxygens (including phenoxy) is 1. The zero-order valence-electron chi connectivity index (χ0n) is 15.1. The van der Waals surface area contributed by atoms with Gasteiger partial charge in [-0.1, -0.05) is 13.8 Å². The average molecular weight is 334 g/mol. The maximum absolute atomic E-state index is 12.2. The Kier molecular flexibility index (Phi) is 5.13. The molecular weight excluding hydrogens is 304 g/mol. The molecule has 0 bridgehead atoms. The van der Waals surface area contributed by atoms with Gasteiger partial charge in [0.25, 0.3) is 0 Å². The Morgan fingerprint density at radius 2 is 2.04 bits per heavy atom. The fourth-order valence-corrected chi connectivity index (χ4v) is 3.71. The summed E-state index contributed by atoms with van der Waals surface area (Å²) >= 11 is 0. The van der Waals surface area contributed by atoms with E-state index in [1.165, 1.54) is 0 Å². The van der Waals surface area contributed by atoms with Gasteiger partial charge in [-0.3, -0.25) is 9.58 Å². The SMILES string of the molecule is CC(C)CCN1CC2(CCN(C(C)Cn3cccn3)CC2)OC1=O. The van der Waals surface area contributed by atoms with Gasteiger partial charge in [0.2, 0.25) is 0 Å². The quantitative estimate of drug-likeness (QED) is 0.802. The number of nitrogens with zero attached hydrogens (tertiary/aromatic N) is 4. The van der Waals surface area contributed by atoms with Crippen LogP contribution in [0.2, 0.25) is 0 Å². The monoisotopic (exact) mass is 334 g/mol. The van der Waals surface area contributed by atoms with Crippen LogP contribution < -0.4 is 0 Å². The second-order valence-corrected chi connectivity index (χ2v) is 7.77. The third-order valence-corrected chi connectivity index (χ3v) is 5.36. The van der Waals surface area contributed by atoms with Crippen LogP contribution in [0.5, 0.6) is 0 Å². The summed E-state index contributed by atoms with van der Waals surface area (Å²) in [5.41, 5.74) is -0.254. The second kappa shape index (κ2) is 7.13. The van der Waals surface area contributed by atoms with Gasteiger partial charge in [-0.05, 0) is 25.3 Å². The van der Waals surface area contributed by atoms with Crippen molar-refractivity contribution in [2.75, 3.05) is 26.2 Å². The first kappa shape index (κ1) is 17.3. The lowest BCUT2D eigenvalue weighted by molar-refractivity contribution is -0.0102. The summed E-state index contributed by atoms with van der Waals surface area (Å²) in [6.45, 7) is 11.1. The standard InChI is InChI=1S/C18H30N4O2/c1-15(2)5-10-21-14-18(24-17(21)23)6-11-20(12-7-18)16(3)13-22-9-4-8-19-22/h4,8-9,15-16H,5-7,10-14H2,1-3H3. The molecule has 24 heavy (non-hydrogen) atoms. The van der Waals surface area contributed by atoms with Crippen LogP contribution >= 0.6 is 0 Å². The lowest BCUT2D eigenvalue weighted by atomic mass is 9.90. The fourth-order valence-electron chi connectivity index (χ4n) is 3.71. The summed E-state index contributed by atoms with van der Waals surface area (Å²) in [7, 11) is 0. The Morgan fingerprint density at radius 3 is 2.67 bits per heavy atom. The Bertz CT molecular complexity index is 535. The van der Waals surface area contributed by atoms with E-state index in [2.05, 4.69) is 30.8 Å². The first-order valence-electron chi connectivity index (χ1n) is 9.17. The van der Waals surface area contributed by atoms with Gasteiger partial charge < -0.3 is 9.64 Å². The maximum atomic E-state index is 12.2. The predicted octanol–water partition coefficient (Wildman–Crippen LogP) is 2.60. The number of carbonyl (C=O) groups is 1. The molecule has 3 heterocycles. The molecule has 2 fully saturated rings. The topological polar surface area (TPSA) is 50.6 Å². The van der Waals surface area contributed by atoms with Crippen LogP contribution in [0, 0.1) is 5.92 Å². The van der Waals surface area contributed by atoms with Crippen LogP contribution in [0.1, 0.15) is 40.0 Å². The molecule has 0 N–H and O–H groups in total. The van der Waals surface area contributed by atoms with Crippen molar-refractivity contribution in [2.45, 2.75) is 58.2 Å². The highest BCUT2D eigenvalue weighted by Gasteiger charge is 2.47. The third kappa shape index (κ3) is 3.91. The number of carbonyl (C=O) groups excluding carboxylic acids is 1. The summed E-state index contributed by atoms with van der Waals surface area (Å²) < 4.78 is 7.80. The first-order chi connectivity index (χ1) is 11.5. The molecule has 1 spiro atoms. The van der Waals surface area contributed by atoms with E-state index >= 15 is 0 Å². The molecule has 2 saturated heterocycles. The van der Waals surface area contributed by atoms with Crippen molar-refractivity contribution >= 4 is 6.09 Å². The van der Waals surface area contributed by atoms with Crippen LogP contribution in [0.25, 0.3) is 0 Å². The highest BCUT2D eigenvalue weighted by Crippen LogP contribution is 2.34. The average Bonchev–Trinajstić information content (AvgIpc) is 3.14. The van der Waals surface area contributed by atoms with Crippen molar-refractivity contribution < 1.29 is 9.53 Å². The summed E-state index contributed by atoms with van der Waals surface area (Å²) in [6.07, 6.45) is 6.61. The molecule has 134 valence electrons. The summed E-state index contributed by atoms with van der Waals surface area (Å²) in [4.78, 5) is 16.6. The van der Waals surface area contributed by atoms with E-state index in [0.29, 0.717) is 12.0 Å². The van der Waals surface area contributed by atoms with Crippen molar-refractivity contribution in [2.24, 2.45) is 5.92 Å². The maximum Gasteiger partial charge on any atom is 0.410 e. The van der Waals surface area contributed by atoms with Crippen LogP contribution in [0.3, 0.4) is 0 Å². The molecule has 0 saturated carbocycles. The summed E-state index contributed by atoms with van der Waals surface area (Å²) in [5.74, 6) is 0.611. The van der Waals surface area contributed by atoms with Gasteiger partial charge in [0.15, 0.2) is 0 Å². The van der Waals surface area contributed by atoms with E-state index in [1.807, 2.05) is 28.0 Å². The molecule has 0 aliphatic carbocycles. The molecule has 2 aliphatic heterocycles. The van der Waals surface area contributed by atoms with Gasteiger partial charge in [0.1, 0.15) is 5.60 Å². The zero-order chi connectivity index (χ0) is 17.2. The van der Waals surface area contributed by atoms with Gasteiger partial charge >= 0.3 is 6.09 Å². The number of hydrogen-bond donors (Lipinski definition) is 0. The molecule has 6 nitrogen and oxygen atoms in total. The molecular formula is C18H30N4O2. The van der Waals surface area contributed by atoms with Crippen LogP contribution in [-0.2, 0) is 11.3 Å². The van der Waals surface area contributed by atoms with Crippen molar-refractivity contribution in [1.82, 2.24) is 19.6 Å². The molecule has 1 atom stereocenters. The Morgan fingerprint density at radius 1 is 1.29 bits per heavy atom. The number of rotatable bonds is 6. The van der Waals surface area contributed by atoms with Crippen molar-refractivity contribution in [3.05, 3.63) is 18.5 Å². The predicted molar refractivity (Wildman–Crippen MR) is 92.7 cm³/mol. The molecule has 2 aliphatic rings. The van der Waals surface area contributed by atoms with Crippen molar-refractivity contribution in [3.63, 3.8) is 0 Å². The van der Waals surface area contributed by atoms with Crippen molar-refractivity contribution in [1.29, 1.82) is 0 Å². The van der Waals surface area contributed by atoms with Crippen LogP contribution in [0.15, 0.2) is 18.5 Å². The smallest absolute Gasteiger partial charge is 0.410 e. The molecule has 1 aromatic heterocycles. The van der Waals surface area contributed by atoms with Gasteiger partial charge in [0, 0.05) is 50.9 Å². The molecule has 0 radical (unpaired) electrons. The number of piperidine rings is 1. The van der Waals surface area contributed by atoms with Gasteiger partial charge in [0.05, 0.1) is 13.1 Å². The van der Waals surface area contributed by atoms with Gasteiger partial charge in [-0.15, -0.1) is 0 Å². The Labute approximate surface area is 144 Å². The molecule has 1 unspecified atom stereocenters. The molecule has 3 rings (SSSR count). The lowest BCUT2D eigenvalue weighted by Gasteiger charge is -2.40. The first-order valence-corrected chi connectivity index (χ1v) is 9.17. The van der Waals surface area contributed by atoms with Gasteiger partial charge in [-0.25, -0.2) is 4.79 Å². The van der Waals surface area contributed by atoms with Gasteiger partial charge in [-0.2, -0.15) is 5.10 Å². The van der Waals surface area contributed by atoms with E-state index in [9.17, 15) is 4.79 Å². The van der Waals surface area contributed by atoms with E-state index in [4.69, 9.17) is 4.74 Å². The molecule has 1 amide bonds. The Hall–Kier alpha value is -1.56. The third-order valence-electron chi connectivity index (χ3n) is 5.36. The zero-order valence-corrected chi connectivity index (χ0v) is 15.1. The van der Waals surface area contributed by atoms with Crippen LogP contribution in [-0.4, -0.2) is 63.5 Å². The highest BCUT2D eigenvalue weighted by atomic mass is 16.6. The normalized spacial score (nSPS) is 22.3. The van der Waals surface area contributed by atoms with E-state index in [-0.39, 0.29) is 11.7 Å². The fraction of sp³-hybridized carbons (Fsp3) is 0.778. The highest BCUT2D eigenvalue weighted by molar-refractivity contribution is 5.70. The molecule has 6 heteroatoms. The lowest BCUT2D eigenvalue weighted by Crippen LogP contribution is -2.50. The minimum absolute atomic E-state index is 0.117. The number of amides is 1. The molecule has 0 aromatic carbocycles. The van der Waals surface area contributed by atoms with E-state index in [1.54, 1.807) is 0 Å². The Balaban J connectivity index is 1.50.